The number of ether oxygens (including phenoxy) is 2. The molecular formula is C42H75O11P. The molecule has 1 unspecified atom stereocenters. The summed E-state index contributed by atoms with van der Waals surface area (Å²) in [6.45, 7) is 1.85. The summed E-state index contributed by atoms with van der Waals surface area (Å²) in [5.74, 6) is -1.01. The number of hydrogen-bond donors (Lipinski definition) is 4. The fourth-order valence-corrected chi connectivity index (χ4v) is 6.09. The third kappa shape index (κ3) is 38.2. The summed E-state index contributed by atoms with van der Waals surface area (Å²) in [5.41, 5.74) is 0. The fraction of sp³-hybridized carbons (Fsp3) is 0.762. The number of phosphoric ester groups is 1. The van der Waals surface area contributed by atoms with E-state index in [0.717, 1.165) is 57.8 Å². The highest BCUT2D eigenvalue weighted by Crippen LogP contribution is 2.43. The summed E-state index contributed by atoms with van der Waals surface area (Å²) < 4.78 is 32.6. The van der Waals surface area contributed by atoms with Crippen molar-refractivity contribution < 1.29 is 52.9 Å². The number of rotatable bonds is 38. The van der Waals surface area contributed by atoms with Crippen LogP contribution >= 0.6 is 7.82 Å². The maximum atomic E-state index is 12.6. The molecule has 0 heterocycles. The van der Waals surface area contributed by atoms with Crippen LogP contribution in [0.5, 0.6) is 0 Å². The smallest absolute Gasteiger partial charge is 0.462 e. The predicted octanol–water partition coefficient (Wildman–Crippen LogP) is 9.53. The van der Waals surface area contributed by atoms with Gasteiger partial charge in [-0.2, -0.15) is 0 Å². The van der Waals surface area contributed by atoms with Crippen LogP contribution in [-0.2, 0) is 32.7 Å². The average molecular weight is 787 g/mol. The zero-order valence-electron chi connectivity index (χ0n) is 33.5. The Labute approximate surface area is 326 Å². The minimum atomic E-state index is -4.64. The molecule has 0 bridgehead atoms. The zero-order chi connectivity index (χ0) is 40.0. The molecule has 0 aliphatic heterocycles. The van der Waals surface area contributed by atoms with Gasteiger partial charge in [-0.05, 0) is 64.7 Å². The molecule has 0 aliphatic carbocycles. The molecule has 0 rings (SSSR count). The van der Waals surface area contributed by atoms with Gasteiger partial charge in [-0.25, -0.2) is 4.57 Å². The number of unbranched alkanes of at least 4 members (excludes halogenated alkanes) is 14. The SMILES string of the molecule is CCCCCCCCCCCCCCCC(=O)OC[C@H](COP(=O)(O)OC[C@@H](O)CO)OC(=O)CCC/C=C\C/C=C\C/C=C\C/C=C\CCC[C@H](C)O. The van der Waals surface area contributed by atoms with Crippen LogP contribution in [0.2, 0.25) is 0 Å². The van der Waals surface area contributed by atoms with Crippen molar-refractivity contribution in [2.24, 2.45) is 0 Å². The lowest BCUT2D eigenvalue weighted by atomic mass is 10.0. The first-order valence-electron chi connectivity index (χ1n) is 20.6. The van der Waals surface area contributed by atoms with E-state index in [2.05, 4.69) is 47.9 Å². The van der Waals surface area contributed by atoms with Gasteiger partial charge in [-0.15, -0.1) is 0 Å². The van der Waals surface area contributed by atoms with Crippen molar-refractivity contribution in [1.29, 1.82) is 0 Å². The van der Waals surface area contributed by atoms with Gasteiger partial charge in [0.2, 0.25) is 0 Å². The highest BCUT2D eigenvalue weighted by Gasteiger charge is 2.27. The standard InChI is InChI=1S/C42H75O11P/c1-3-4-5-6-7-8-9-13-17-20-23-26-29-32-41(46)50-36-40(37-52-54(48,49)51-35-39(45)34-43)53-42(47)33-30-27-24-21-18-15-12-10-11-14-16-19-22-25-28-31-38(2)44/h11-12,14-15,19,21-22,24,38-40,43-45H,3-10,13,16-18,20,23,25-37H2,1-2H3,(H,48,49)/b14-11-,15-12-,22-19-,24-21-/t38-,39-,40+/m0/s1. The first-order valence-corrected chi connectivity index (χ1v) is 22.1. The molecule has 0 aromatic carbocycles. The molecule has 0 radical (unpaired) electrons. The van der Waals surface area contributed by atoms with Crippen molar-refractivity contribution in [1.82, 2.24) is 0 Å². The second-order valence-electron chi connectivity index (χ2n) is 13.9. The lowest BCUT2D eigenvalue weighted by Crippen LogP contribution is -2.29. The van der Waals surface area contributed by atoms with E-state index in [1.54, 1.807) is 0 Å². The Morgan fingerprint density at radius 2 is 1.07 bits per heavy atom. The Balaban J connectivity index is 4.43. The molecule has 314 valence electrons. The van der Waals surface area contributed by atoms with Gasteiger partial charge < -0.3 is 29.7 Å². The van der Waals surface area contributed by atoms with Crippen LogP contribution < -0.4 is 0 Å². The number of carbonyl (C=O) groups is 2. The average Bonchev–Trinajstić information content (AvgIpc) is 3.14. The topological polar surface area (TPSA) is 169 Å². The van der Waals surface area contributed by atoms with Crippen LogP contribution in [0.4, 0.5) is 0 Å². The van der Waals surface area contributed by atoms with Gasteiger partial charge in [0.15, 0.2) is 6.10 Å². The Kier molecular flexibility index (Phi) is 36.3. The minimum Gasteiger partial charge on any atom is -0.462 e. The van der Waals surface area contributed by atoms with Gasteiger partial charge in [0, 0.05) is 12.8 Å². The van der Waals surface area contributed by atoms with Crippen LogP contribution in [0.25, 0.3) is 0 Å². The fourth-order valence-electron chi connectivity index (χ4n) is 5.30. The highest BCUT2D eigenvalue weighted by atomic mass is 31.2. The van der Waals surface area contributed by atoms with E-state index in [9.17, 15) is 29.3 Å². The van der Waals surface area contributed by atoms with Gasteiger partial charge in [0.05, 0.1) is 25.9 Å². The molecule has 12 heteroatoms. The Morgan fingerprint density at radius 3 is 1.59 bits per heavy atom. The summed E-state index contributed by atoms with van der Waals surface area (Å²) in [5, 5.41) is 27.6. The predicted molar refractivity (Wildman–Crippen MR) is 216 cm³/mol. The van der Waals surface area contributed by atoms with Gasteiger partial charge in [-0.1, -0.05) is 133 Å². The van der Waals surface area contributed by atoms with Crippen LogP contribution in [0, 0.1) is 0 Å². The molecule has 4 N–H and O–H groups in total. The van der Waals surface area contributed by atoms with Gasteiger partial charge >= 0.3 is 19.8 Å². The van der Waals surface area contributed by atoms with E-state index in [1.165, 1.54) is 57.8 Å². The van der Waals surface area contributed by atoms with Crippen LogP contribution in [0.3, 0.4) is 0 Å². The zero-order valence-corrected chi connectivity index (χ0v) is 34.4. The third-order valence-corrected chi connectivity index (χ3v) is 9.46. The lowest BCUT2D eigenvalue weighted by Gasteiger charge is -2.20. The first-order chi connectivity index (χ1) is 26.1. The normalized spacial score (nSPS) is 15.0. The summed E-state index contributed by atoms with van der Waals surface area (Å²) in [7, 11) is -4.64. The number of hydrogen-bond acceptors (Lipinski definition) is 10. The van der Waals surface area contributed by atoms with Crippen molar-refractivity contribution in [3.63, 3.8) is 0 Å². The van der Waals surface area contributed by atoms with E-state index >= 15 is 0 Å². The van der Waals surface area contributed by atoms with E-state index in [-0.39, 0.29) is 25.6 Å². The molecule has 0 saturated heterocycles. The summed E-state index contributed by atoms with van der Waals surface area (Å²) in [4.78, 5) is 34.9. The quantitative estimate of drug-likeness (QED) is 0.0204. The monoisotopic (exact) mass is 787 g/mol. The minimum absolute atomic E-state index is 0.0966. The van der Waals surface area contributed by atoms with Crippen LogP contribution in [0.1, 0.15) is 162 Å². The van der Waals surface area contributed by atoms with Crippen molar-refractivity contribution in [2.45, 2.75) is 180 Å². The van der Waals surface area contributed by atoms with E-state index in [4.69, 9.17) is 19.1 Å². The number of aliphatic hydroxyl groups is 3. The molecule has 0 spiro atoms. The largest absolute Gasteiger partial charge is 0.472 e. The van der Waals surface area contributed by atoms with E-state index in [0.29, 0.717) is 19.3 Å². The maximum absolute atomic E-state index is 12.6. The third-order valence-electron chi connectivity index (χ3n) is 8.50. The molecule has 0 aromatic rings. The summed E-state index contributed by atoms with van der Waals surface area (Å²) >= 11 is 0. The van der Waals surface area contributed by atoms with Gasteiger partial charge in [-0.3, -0.25) is 18.6 Å². The van der Waals surface area contributed by atoms with Crippen LogP contribution in [-0.4, -0.2) is 76.9 Å². The molecule has 0 saturated carbocycles. The molecule has 11 nitrogen and oxygen atoms in total. The van der Waals surface area contributed by atoms with Crippen molar-refractivity contribution in [2.75, 3.05) is 26.4 Å². The molecule has 0 fully saturated rings. The molecular weight excluding hydrogens is 711 g/mol. The summed E-state index contributed by atoms with van der Waals surface area (Å²) in [6.07, 6.45) is 36.4. The van der Waals surface area contributed by atoms with Crippen molar-refractivity contribution in [3.8, 4) is 0 Å². The van der Waals surface area contributed by atoms with E-state index < -0.39 is 51.8 Å². The van der Waals surface area contributed by atoms with Crippen LogP contribution in [0.15, 0.2) is 48.6 Å². The number of phosphoric acid groups is 1. The number of carbonyl (C=O) groups excluding carboxylic acids is 2. The number of esters is 2. The first kappa shape index (κ1) is 51.9. The number of aliphatic hydroxyl groups excluding tert-OH is 3. The molecule has 0 aliphatic rings. The van der Waals surface area contributed by atoms with Crippen molar-refractivity contribution >= 4 is 19.8 Å². The van der Waals surface area contributed by atoms with Gasteiger partial charge in [0.1, 0.15) is 12.7 Å². The second-order valence-corrected chi connectivity index (χ2v) is 15.4. The second kappa shape index (κ2) is 37.8. The molecule has 54 heavy (non-hydrogen) atoms. The van der Waals surface area contributed by atoms with Crippen molar-refractivity contribution in [3.05, 3.63) is 48.6 Å². The van der Waals surface area contributed by atoms with Gasteiger partial charge in [0.25, 0.3) is 0 Å². The Morgan fingerprint density at radius 1 is 0.611 bits per heavy atom. The lowest BCUT2D eigenvalue weighted by molar-refractivity contribution is -0.161. The maximum Gasteiger partial charge on any atom is 0.472 e. The Hall–Kier alpha value is -2.11. The van der Waals surface area contributed by atoms with E-state index in [1.807, 2.05) is 19.1 Å². The molecule has 4 atom stereocenters. The number of allylic oxidation sites excluding steroid dienone is 8. The molecule has 0 amide bonds. The Bertz CT molecular complexity index is 1060. The molecule has 0 aromatic heterocycles. The highest BCUT2D eigenvalue weighted by molar-refractivity contribution is 7.47. The summed E-state index contributed by atoms with van der Waals surface area (Å²) in [6, 6.07) is 0.